The Balaban J connectivity index is 1.41. The number of aromatic nitrogens is 2. The third-order valence-electron chi connectivity index (χ3n) is 6.14. The van der Waals surface area contributed by atoms with Gasteiger partial charge in [0.15, 0.2) is 5.88 Å². The van der Waals surface area contributed by atoms with Crippen molar-refractivity contribution in [1.29, 1.82) is 0 Å². The molecule has 11 heteroatoms. The summed E-state index contributed by atoms with van der Waals surface area (Å²) < 4.78 is 27.5. The minimum atomic E-state index is -3.64. The number of pyridine rings is 1. The SMILES string of the molecule is CN1CCN(S(=O)(=O)c2ccc(-c3c(O)[nH]c4ccc(C(=O)NCc5cccs5)cc34)nc2)CC1. The highest BCUT2D eigenvalue weighted by atomic mass is 32.2. The first kappa shape index (κ1) is 23.5. The number of benzene rings is 1. The molecule has 1 aliphatic heterocycles. The number of nitrogens with zero attached hydrogens (tertiary/aromatic N) is 3. The Bertz CT molecular complexity index is 1460. The van der Waals surface area contributed by atoms with Crippen molar-refractivity contribution in [2.24, 2.45) is 0 Å². The molecular formula is C24H25N5O4S2. The minimum Gasteiger partial charge on any atom is -0.494 e. The van der Waals surface area contributed by atoms with Crippen LogP contribution in [0.4, 0.5) is 0 Å². The van der Waals surface area contributed by atoms with E-state index in [1.165, 1.54) is 16.6 Å². The third-order valence-corrected chi connectivity index (χ3v) is 8.90. The van der Waals surface area contributed by atoms with Gasteiger partial charge in [-0.3, -0.25) is 9.78 Å². The van der Waals surface area contributed by atoms with E-state index in [2.05, 4.69) is 20.2 Å². The smallest absolute Gasteiger partial charge is 0.251 e. The Kier molecular flexibility index (Phi) is 6.32. The van der Waals surface area contributed by atoms with E-state index in [1.54, 1.807) is 35.6 Å². The van der Waals surface area contributed by atoms with E-state index in [1.807, 2.05) is 24.6 Å². The van der Waals surface area contributed by atoms with Gasteiger partial charge in [-0.1, -0.05) is 6.07 Å². The average molecular weight is 512 g/mol. The van der Waals surface area contributed by atoms with Crippen LogP contribution in [0, 0.1) is 0 Å². The summed E-state index contributed by atoms with van der Waals surface area (Å²) in [7, 11) is -1.68. The van der Waals surface area contributed by atoms with Crippen molar-refractivity contribution in [3.8, 4) is 17.1 Å². The van der Waals surface area contributed by atoms with Gasteiger partial charge in [-0.2, -0.15) is 4.31 Å². The zero-order valence-corrected chi connectivity index (χ0v) is 20.7. The highest BCUT2D eigenvalue weighted by Crippen LogP contribution is 2.36. The molecule has 35 heavy (non-hydrogen) atoms. The van der Waals surface area contributed by atoms with Gasteiger partial charge in [0.05, 0.1) is 17.8 Å². The van der Waals surface area contributed by atoms with Crippen LogP contribution in [0.2, 0.25) is 0 Å². The Labute approximate surface area is 207 Å². The third kappa shape index (κ3) is 4.67. The van der Waals surface area contributed by atoms with Crippen molar-refractivity contribution >= 4 is 38.2 Å². The molecule has 1 amide bonds. The van der Waals surface area contributed by atoms with Gasteiger partial charge >= 0.3 is 0 Å². The van der Waals surface area contributed by atoms with Gasteiger partial charge in [-0.25, -0.2) is 8.42 Å². The highest BCUT2D eigenvalue weighted by molar-refractivity contribution is 7.89. The molecule has 0 aliphatic carbocycles. The van der Waals surface area contributed by atoms with Crippen LogP contribution in [0.3, 0.4) is 0 Å². The fourth-order valence-electron chi connectivity index (χ4n) is 4.12. The van der Waals surface area contributed by atoms with Crippen molar-refractivity contribution < 1.29 is 18.3 Å². The first-order chi connectivity index (χ1) is 16.8. The van der Waals surface area contributed by atoms with Crippen molar-refractivity contribution in [1.82, 2.24) is 24.5 Å². The van der Waals surface area contributed by atoms with E-state index in [9.17, 15) is 18.3 Å². The maximum absolute atomic E-state index is 13.0. The molecule has 0 unspecified atom stereocenters. The van der Waals surface area contributed by atoms with Gasteiger partial charge in [-0.15, -0.1) is 11.3 Å². The van der Waals surface area contributed by atoms with Crippen molar-refractivity contribution in [3.63, 3.8) is 0 Å². The number of thiophene rings is 1. The molecule has 182 valence electrons. The lowest BCUT2D eigenvalue weighted by Gasteiger charge is -2.31. The molecule has 0 radical (unpaired) electrons. The fourth-order valence-corrected chi connectivity index (χ4v) is 6.13. The predicted molar refractivity (Wildman–Crippen MR) is 135 cm³/mol. The zero-order valence-electron chi connectivity index (χ0n) is 19.1. The summed E-state index contributed by atoms with van der Waals surface area (Å²) in [5.74, 6) is -0.327. The number of carbonyl (C=O) groups is 1. The largest absolute Gasteiger partial charge is 0.494 e. The van der Waals surface area contributed by atoms with E-state index in [0.717, 1.165) is 4.88 Å². The maximum Gasteiger partial charge on any atom is 0.251 e. The number of hydrogen-bond donors (Lipinski definition) is 3. The van der Waals surface area contributed by atoms with Crippen LogP contribution in [0.25, 0.3) is 22.2 Å². The second-order valence-corrected chi connectivity index (χ2v) is 11.4. The van der Waals surface area contributed by atoms with Gasteiger partial charge in [0.1, 0.15) is 4.90 Å². The lowest BCUT2D eigenvalue weighted by Crippen LogP contribution is -2.47. The Morgan fingerprint density at radius 3 is 2.66 bits per heavy atom. The number of carbonyl (C=O) groups excluding carboxylic acids is 1. The van der Waals surface area contributed by atoms with Gasteiger partial charge in [-0.05, 0) is 48.8 Å². The molecule has 0 atom stereocenters. The molecule has 0 spiro atoms. The summed E-state index contributed by atoms with van der Waals surface area (Å²) >= 11 is 1.57. The summed E-state index contributed by atoms with van der Waals surface area (Å²) in [4.78, 5) is 23.2. The fraction of sp³-hybridized carbons (Fsp3) is 0.250. The molecular weight excluding hydrogens is 486 g/mol. The van der Waals surface area contributed by atoms with E-state index < -0.39 is 10.0 Å². The number of fused-ring (bicyclic) bond motifs is 1. The first-order valence-corrected chi connectivity index (χ1v) is 13.5. The average Bonchev–Trinajstić information content (AvgIpc) is 3.49. The Morgan fingerprint density at radius 1 is 1.17 bits per heavy atom. The topological polar surface area (TPSA) is 119 Å². The number of aromatic hydroxyl groups is 1. The zero-order chi connectivity index (χ0) is 24.6. The molecule has 1 aliphatic rings. The van der Waals surface area contributed by atoms with E-state index >= 15 is 0 Å². The lowest BCUT2D eigenvalue weighted by molar-refractivity contribution is 0.0951. The Hall–Kier alpha value is -3.25. The second kappa shape index (κ2) is 9.42. The van der Waals surface area contributed by atoms with E-state index in [-0.39, 0.29) is 16.7 Å². The molecule has 4 aromatic rings. The number of aromatic amines is 1. The summed E-state index contributed by atoms with van der Waals surface area (Å²) in [6.45, 7) is 2.65. The van der Waals surface area contributed by atoms with E-state index in [0.29, 0.717) is 60.4 Å². The van der Waals surface area contributed by atoms with Gasteiger partial charge in [0, 0.05) is 53.7 Å². The normalized spacial score (nSPS) is 15.5. The number of H-pyrrole nitrogens is 1. The molecule has 9 nitrogen and oxygen atoms in total. The van der Waals surface area contributed by atoms with Crippen LogP contribution in [0.15, 0.2) is 58.9 Å². The molecule has 3 N–H and O–H groups in total. The number of sulfonamides is 1. The number of amides is 1. The Morgan fingerprint density at radius 2 is 1.97 bits per heavy atom. The van der Waals surface area contributed by atoms with Crippen molar-refractivity contribution in [2.45, 2.75) is 11.4 Å². The molecule has 5 rings (SSSR count). The molecule has 1 saturated heterocycles. The van der Waals surface area contributed by atoms with Gasteiger partial charge in [0.2, 0.25) is 10.0 Å². The monoisotopic (exact) mass is 511 g/mol. The lowest BCUT2D eigenvalue weighted by atomic mass is 10.1. The number of likely N-dealkylation sites (N-methyl/N-ethyl adjacent to an activating group) is 1. The van der Waals surface area contributed by atoms with Gasteiger partial charge in [0.25, 0.3) is 5.91 Å². The standard InChI is InChI=1S/C24H25N5O4S2/c1-28-8-10-29(11-9-28)35(32,33)18-5-7-21(25-15-18)22-19-13-16(4-6-20(19)27-24(22)31)23(30)26-14-17-3-2-12-34-17/h2-7,12-13,15,27,31H,8-11,14H2,1H3,(H,26,30). The maximum atomic E-state index is 13.0. The quantitative estimate of drug-likeness (QED) is 0.366. The van der Waals surface area contributed by atoms with Crippen LogP contribution in [-0.4, -0.2) is 71.8 Å². The predicted octanol–water partition coefficient (Wildman–Crippen LogP) is 2.86. The summed E-state index contributed by atoms with van der Waals surface area (Å²) in [6, 6.07) is 12.1. The van der Waals surface area contributed by atoms with Crippen LogP contribution >= 0.6 is 11.3 Å². The van der Waals surface area contributed by atoms with E-state index in [4.69, 9.17) is 0 Å². The minimum absolute atomic E-state index is 0.0988. The molecule has 0 saturated carbocycles. The van der Waals surface area contributed by atoms with Crippen LogP contribution in [0.1, 0.15) is 15.2 Å². The number of hydrogen-bond acceptors (Lipinski definition) is 7. The summed E-state index contributed by atoms with van der Waals surface area (Å²) in [5.41, 5.74) is 1.91. The molecule has 4 heterocycles. The van der Waals surface area contributed by atoms with Crippen molar-refractivity contribution in [2.75, 3.05) is 33.2 Å². The number of piperazine rings is 1. The molecule has 1 aromatic carbocycles. The molecule has 0 bridgehead atoms. The van der Waals surface area contributed by atoms with Crippen molar-refractivity contribution in [3.05, 3.63) is 64.5 Å². The van der Waals surface area contributed by atoms with Crippen LogP contribution < -0.4 is 5.32 Å². The van der Waals surface area contributed by atoms with Crippen LogP contribution in [0.5, 0.6) is 5.88 Å². The molecule has 1 fully saturated rings. The van der Waals surface area contributed by atoms with Gasteiger partial charge < -0.3 is 20.3 Å². The summed E-state index contributed by atoms with van der Waals surface area (Å²) in [6.07, 6.45) is 1.32. The summed E-state index contributed by atoms with van der Waals surface area (Å²) in [5, 5.41) is 16.1. The van der Waals surface area contributed by atoms with Crippen LogP contribution in [-0.2, 0) is 16.6 Å². The number of rotatable bonds is 6. The molecule has 3 aromatic heterocycles. The first-order valence-electron chi connectivity index (χ1n) is 11.1. The number of nitrogens with one attached hydrogen (secondary N) is 2. The highest BCUT2D eigenvalue weighted by Gasteiger charge is 2.28. The second-order valence-electron chi connectivity index (χ2n) is 8.46.